The van der Waals surface area contributed by atoms with Gasteiger partial charge in [-0.3, -0.25) is 4.79 Å². The van der Waals surface area contributed by atoms with Crippen LogP contribution in [0.4, 0.5) is 0 Å². The largest absolute Gasteiger partial charge is 0.293 e. The summed E-state index contributed by atoms with van der Waals surface area (Å²) in [5.74, 6) is 0.208. The minimum atomic E-state index is -0.0343. The van der Waals surface area contributed by atoms with E-state index in [-0.39, 0.29) is 10.6 Å². The van der Waals surface area contributed by atoms with Crippen molar-refractivity contribution in [1.82, 2.24) is 0 Å². The van der Waals surface area contributed by atoms with Crippen LogP contribution in [0.25, 0.3) is 0 Å². The van der Waals surface area contributed by atoms with E-state index in [2.05, 4.69) is 41.9 Å². The zero-order valence-electron chi connectivity index (χ0n) is 12.1. The lowest BCUT2D eigenvalue weighted by Crippen LogP contribution is -2.13. The van der Waals surface area contributed by atoms with E-state index in [0.717, 1.165) is 24.8 Å². The van der Waals surface area contributed by atoms with Crippen molar-refractivity contribution < 1.29 is 4.79 Å². The molecule has 1 unspecified atom stereocenters. The molecular weight excluding hydrogens is 300 g/mol. The van der Waals surface area contributed by atoms with Crippen molar-refractivity contribution in [3.8, 4) is 0 Å². The predicted octanol–water partition coefficient (Wildman–Crippen LogP) is 5.56. The maximum Gasteiger partial charge on any atom is 0.176 e. The van der Waals surface area contributed by atoms with E-state index in [1.807, 2.05) is 12.1 Å². The summed E-state index contributed by atoms with van der Waals surface area (Å²) >= 11 is 3.47. The molecule has 0 fully saturated rings. The number of Topliss-reactive ketones (excluding diaryl/α,β-unsaturated/α-hetero) is 1. The average Bonchev–Trinajstić information content (AvgIpc) is 2.44. The fourth-order valence-corrected chi connectivity index (χ4v) is 2.88. The average molecular weight is 325 g/mol. The lowest BCUT2D eigenvalue weighted by Gasteiger charge is -2.08. The van der Waals surface area contributed by atoms with Crippen LogP contribution in [-0.2, 0) is 6.42 Å². The van der Waals surface area contributed by atoms with Crippen LogP contribution in [0.3, 0.4) is 0 Å². The molecule has 0 saturated carbocycles. The number of carbonyl (C=O) groups excluding carboxylic acids is 1. The van der Waals surface area contributed by atoms with Gasteiger partial charge < -0.3 is 0 Å². The molecule has 0 bridgehead atoms. The highest BCUT2D eigenvalue weighted by molar-refractivity contribution is 9.10. The SMILES string of the molecule is CCCCCCc1ccc(C(=O)C(Br)CCC)cc1. The third-order valence-corrected chi connectivity index (χ3v) is 4.26. The summed E-state index contributed by atoms with van der Waals surface area (Å²) in [4.78, 5) is 12.1. The third kappa shape index (κ3) is 5.90. The minimum Gasteiger partial charge on any atom is -0.293 e. The first-order chi connectivity index (χ1) is 9.19. The second kappa shape index (κ2) is 9.30. The van der Waals surface area contributed by atoms with Crippen molar-refractivity contribution >= 4 is 21.7 Å². The fraction of sp³-hybridized carbons (Fsp3) is 0.588. The van der Waals surface area contributed by atoms with Crippen molar-refractivity contribution in [2.24, 2.45) is 0 Å². The van der Waals surface area contributed by atoms with E-state index in [4.69, 9.17) is 0 Å². The molecule has 0 aromatic heterocycles. The fourth-order valence-electron chi connectivity index (χ4n) is 2.16. The van der Waals surface area contributed by atoms with Crippen molar-refractivity contribution in [2.75, 3.05) is 0 Å². The molecule has 106 valence electrons. The Kier molecular flexibility index (Phi) is 8.04. The van der Waals surface area contributed by atoms with Gasteiger partial charge in [0, 0.05) is 5.56 Å². The highest BCUT2D eigenvalue weighted by atomic mass is 79.9. The Morgan fingerprint density at radius 2 is 1.74 bits per heavy atom. The maximum absolute atomic E-state index is 12.1. The Morgan fingerprint density at radius 3 is 2.32 bits per heavy atom. The standard InChI is InChI=1S/C17H25BrO/c1-3-5-6-7-9-14-10-12-15(13-11-14)17(19)16(18)8-4-2/h10-13,16H,3-9H2,1-2H3. The maximum atomic E-state index is 12.1. The molecule has 0 N–H and O–H groups in total. The molecule has 0 aliphatic rings. The second-order valence-corrected chi connectivity index (χ2v) is 6.23. The lowest BCUT2D eigenvalue weighted by atomic mass is 10.0. The van der Waals surface area contributed by atoms with Gasteiger partial charge in [-0.1, -0.05) is 79.7 Å². The van der Waals surface area contributed by atoms with Crippen molar-refractivity contribution in [3.63, 3.8) is 0 Å². The van der Waals surface area contributed by atoms with Crippen molar-refractivity contribution in [1.29, 1.82) is 0 Å². The van der Waals surface area contributed by atoms with Gasteiger partial charge in [-0.05, 0) is 24.8 Å². The van der Waals surface area contributed by atoms with E-state index in [1.165, 1.54) is 31.2 Å². The molecule has 1 aromatic rings. The number of halogens is 1. The normalized spacial score (nSPS) is 12.4. The number of ketones is 1. The summed E-state index contributed by atoms with van der Waals surface area (Å²) < 4.78 is 0. The Morgan fingerprint density at radius 1 is 1.05 bits per heavy atom. The minimum absolute atomic E-state index is 0.0343. The summed E-state index contributed by atoms with van der Waals surface area (Å²) in [5.41, 5.74) is 2.17. The van der Waals surface area contributed by atoms with Gasteiger partial charge in [-0.15, -0.1) is 0 Å². The highest BCUT2D eigenvalue weighted by Gasteiger charge is 2.15. The number of aryl methyl sites for hydroxylation is 1. The molecule has 1 nitrogen and oxygen atoms in total. The lowest BCUT2D eigenvalue weighted by molar-refractivity contribution is 0.0988. The van der Waals surface area contributed by atoms with Crippen molar-refractivity contribution in [2.45, 2.75) is 63.6 Å². The quantitative estimate of drug-likeness (QED) is 0.330. The number of unbranched alkanes of at least 4 members (excludes halogenated alkanes) is 3. The number of alkyl halides is 1. The van der Waals surface area contributed by atoms with Gasteiger partial charge in [0.25, 0.3) is 0 Å². The summed E-state index contributed by atoms with van der Waals surface area (Å²) in [6, 6.07) is 8.15. The van der Waals surface area contributed by atoms with Gasteiger partial charge in [-0.25, -0.2) is 0 Å². The molecular formula is C17H25BrO. The molecule has 19 heavy (non-hydrogen) atoms. The molecule has 2 heteroatoms. The first-order valence-electron chi connectivity index (χ1n) is 7.46. The first-order valence-corrected chi connectivity index (χ1v) is 8.37. The molecule has 0 spiro atoms. The number of hydrogen-bond acceptors (Lipinski definition) is 1. The summed E-state index contributed by atoms with van der Waals surface area (Å²) in [7, 11) is 0. The van der Waals surface area contributed by atoms with E-state index in [0.29, 0.717) is 0 Å². The van der Waals surface area contributed by atoms with Gasteiger partial charge in [0.05, 0.1) is 4.83 Å². The molecule has 0 heterocycles. The van der Waals surface area contributed by atoms with Crippen LogP contribution < -0.4 is 0 Å². The molecule has 0 radical (unpaired) electrons. The van der Waals surface area contributed by atoms with Crippen LogP contribution in [0.5, 0.6) is 0 Å². The van der Waals surface area contributed by atoms with Gasteiger partial charge in [0.2, 0.25) is 0 Å². The van der Waals surface area contributed by atoms with E-state index < -0.39 is 0 Å². The van der Waals surface area contributed by atoms with Gasteiger partial charge in [0.15, 0.2) is 5.78 Å². The molecule has 0 aliphatic heterocycles. The molecule has 0 saturated heterocycles. The van der Waals surface area contributed by atoms with Crippen LogP contribution in [-0.4, -0.2) is 10.6 Å². The van der Waals surface area contributed by atoms with Crippen LogP contribution in [0.2, 0.25) is 0 Å². The highest BCUT2D eigenvalue weighted by Crippen LogP contribution is 2.16. The number of benzene rings is 1. The predicted molar refractivity (Wildman–Crippen MR) is 86.2 cm³/mol. The van der Waals surface area contributed by atoms with Crippen molar-refractivity contribution in [3.05, 3.63) is 35.4 Å². The van der Waals surface area contributed by atoms with Gasteiger partial charge in [0.1, 0.15) is 0 Å². The monoisotopic (exact) mass is 324 g/mol. The van der Waals surface area contributed by atoms with Crippen LogP contribution in [0.1, 0.15) is 68.3 Å². The van der Waals surface area contributed by atoms with Gasteiger partial charge >= 0.3 is 0 Å². The van der Waals surface area contributed by atoms with E-state index in [1.54, 1.807) is 0 Å². The summed E-state index contributed by atoms with van der Waals surface area (Å²) in [5, 5.41) is 0. The molecule has 0 aliphatic carbocycles. The van der Waals surface area contributed by atoms with E-state index in [9.17, 15) is 4.79 Å². The zero-order valence-corrected chi connectivity index (χ0v) is 13.7. The first kappa shape index (κ1) is 16.4. The molecule has 1 aromatic carbocycles. The second-order valence-electron chi connectivity index (χ2n) is 5.13. The third-order valence-electron chi connectivity index (χ3n) is 3.38. The van der Waals surface area contributed by atoms with E-state index >= 15 is 0 Å². The smallest absolute Gasteiger partial charge is 0.176 e. The molecule has 0 amide bonds. The Labute approximate surface area is 125 Å². The number of hydrogen-bond donors (Lipinski definition) is 0. The zero-order chi connectivity index (χ0) is 14.1. The molecule has 1 rings (SSSR count). The topological polar surface area (TPSA) is 17.1 Å². The Hall–Kier alpha value is -0.630. The van der Waals surface area contributed by atoms with Gasteiger partial charge in [-0.2, -0.15) is 0 Å². The van der Waals surface area contributed by atoms with Crippen LogP contribution in [0, 0.1) is 0 Å². The van der Waals surface area contributed by atoms with Crippen LogP contribution in [0.15, 0.2) is 24.3 Å². The number of carbonyl (C=O) groups is 1. The number of rotatable bonds is 9. The Bertz CT molecular complexity index is 369. The summed E-state index contributed by atoms with van der Waals surface area (Å²) in [6.07, 6.45) is 8.20. The Balaban J connectivity index is 2.49. The molecule has 1 atom stereocenters. The van der Waals surface area contributed by atoms with Crippen LogP contribution >= 0.6 is 15.9 Å². The summed E-state index contributed by atoms with van der Waals surface area (Å²) in [6.45, 7) is 4.33.